The molecule has 5 nitrogen and oxygen atoms in total. The zero-order valence-electron chi connectivity index (χ0n) is 13.6. The molecule has 128 valence electrons. The third kappa shape index (κ3) is 4.46. The van der Waals surface area contributed by atoms with Gasteiger partial charge in [-0.15, -0.1) is 11.3 Å². The molecule has 0 spiro atoms. The lowest BCUT2D eigenvalue weighted by Gasteiger charge is -2.32. The standard InChI is InChI=1S/C17H27N3O2S/c21-13-15-3-1-7-20(15)17(22)18-11-14-5-8-19(9-6-14)12-16-4-2-10-23-16/h2,4,10,14-15,21H,1,3,5-9,11-13H2,(H,18,22). The number of aliphatic hydroxyl groups is 1. The number of rotatable bonds is 5. The Labute approximate surface area is 142 Å². The summed E-state index contributed by atoms with van der Waals surface area (Å²) in [5.74, 6) is 0.578. The van der Waals surface area contributed by atoms with E-state index in [-0.39, 0.29) is 18.7 Å². The van der Waals surface area contributed by atoms with Crippen molar-refractivity contribution in [2.24, 2.45) is 5.92 Å². The number of aliphatic hydroxyl groups excluding tert-OH is 1. The maximum atomic E-state index is 12.2. The number of carbonyl (C=O) groups excluding carboxylic acids is 1. The van der Waals surface area contributed by atoms with E-state index in [0.717, 1.165) is 58.4 Å². The molecule has 6 heteroatoms. The summed E-state index contributed by atoms with van der Waals surface area (Å²) < 4.78 is 0. The summed E-state index contributed by atoms with van der Waals surface area (Å²) in [5.41, 5.74) is 0. The van der Waals surface area contributed by atoms with Crippen molar-refractivity contribution >= 4 is 17.4 Å². The van der Waals surface area contributed by atoms with E-state index in [1.807, 2.05) is 11.3 Å². The van der Waals surface area contributed by atoms with Crippen LogP contribution in [0.15, 0.2) is 17.5 Å². The van der Waals surface area contributed by atoms with Crippen molar-refractivity contribution in [3.63, 3.8) is 0 Å². The average molecular weight is 337 g/mol. The Hall–Kier alpha value is -1.11. The predicted octanol–water partition coefficient (Wildman–Crippen LogP) is 2.13. The van der Waals surface area contributed by atoms with Crippen molar-refractivity contribution < 1.29 is 9.90 Å². The van der Waals surface area contributed by atoms with E-state index in [2.05, 4.69) is 27.7 Å². The molecule has 0 saturated carbocycles. The molecular formula is C17H27N3O2S. The molecule has 2 N–H and O–H groups in total. The van der Waals surface area contributed by atoms with Gasteiger partial charge in [-0.05, 0) is 56.1 Å². The first kappa shape index (κ1) is 16.7. The van der Waals surface area contributed by atoms with Gasteiger partial charge < -0.3 is 15.3 Å². The van der Waals surface area contributed by atoms with Gasteiger partial charge in [0.1, 0.15) is 0 Å². The van der Waals surface area contributed by atoms with Gasteiger partial charge in [-0.3, -0.25) is 4.90 Å². The van der Waals surface area contributed by atoms with E-state index < -0.39 is 0 Å². The lowest BCUT2D eigenvalue weighted by molar-refractivity contribution is 0.149. The number of nitrogens with zero attached hydrogens (tertiary/aromatic N) is 2. The number of hydrogen-bond acceptors (Lipinski definition) is 4. The van der Waals surface area contributed by atoms with Crippen LogP contribution in [0.3, 0.4) is 0 Å². The lowest BCUT2D eigenvalue weighted by Crippen LogP contribution is -2.46. The number of hydrogen-bond donors (Lipinski definition) is 2. The first-order valence-electron chi connectivity index (χ1n) is 8.66. The molecule has 0 aromatic carbocycles. The van der Waals surface area contributed by atoms with Crippen molar-refractivity contribution in [1.82, 2.24) is 15.1 Å². The van der Waals surface area contributed by atoms with Crippen LogP contribution in [0.1, 0.15) is 30.6 Å². The maximum Gasteiger partial charge on any atom is 0.317 e. The van der Waals surface area contributed by atoms with Crippen molar-refractivity contribution in [2.45, 2.75) is 38.3 Å². The summed E-state index contributed by atoms with van der Waals surface area (Å²) in [5, 5.41) is 14.5. The van der Waals surface area contributed by atoms with Crippen LogP contribution in [0, 0.1) is 5.92 Å². The van der Waals surface area contributed by atoms with Crippen LogP contribution in [-0.2, 0) is 6.54 Å². The molecule has 2 fully saturated rings. The van der Waals surface area contributed by atoms with E-state index >= 15 is 0 Å². The van der Waals surface area contributed by atoms with E-state index in [1.54, 1.807) is 4.90 Å². The highest BCUT2D eigenvalue weighted by molar-refractivity contribution is 7.09. The van der Waals surface area contributed by atoms with Crippen molar-refractivity contribution in [2.75, 3.05) is 32.8 Å². The summed E-state index contributed by atoms with van der Waals surface area (Å²) in [6, 6.07) is 4.33. The molecule has 1 unspecified atom stereocenters. The third-order valence-corrected chi connectivity index (χ3v) is 5.92. The maximum absolute atomic E-state index is 12.2. The quantitative estimate of drug-likeness (QED) is 0.865. The lowest BCUT2D eigenvalue weighted by atomic mass is 9.97. The predicted molar refractivity (Wildman–Crippen MR) is 92.5 cm³/mol. The second-order valence-electron chi connectivity index (χ2n) is 6.66. The molecule has 3 heterocycles. The Kier molecular flexibility index (Phi) is 5.91. The van der Waals surface area contributed by atoms with Gasteiger partial charge in [0.2, 0.25) is 0 Å². The zero-order chi connectivity index (χ0) is 16.1. The monoisotopic (exact) mass is 337 g/mol. The smallest absolute Gasteiger partial charge is 0.317 e. The van der Waals surface area contributed by atoms with Crippen LogP contribution in [0.2, 0.25) is 0 Å². The van der Waals surface area contributed by atoms with Crippen molar-refractivity contribution in [3.8, 4) is 0 Å². The van der Waals surface area contributed by atoms with Gasteiger partial charge in [-0.2, -0.15) is 0 Å². The fraction of sp³-hybridized carbons (Fsp3) is 0.706. The fourth-order valence-electron chi connectivity index (χ4n) is 3.60. The minimum absolute atomic E-state index is 0.00238. The normalized spacial score (nSPS) is 23.3. The molecule has 1 atom stereocenters. The van der Waals surface area contributed by atoms with E-state index in [4.69, 9.17) is 0 Å². The van der Waals surface area contributed by atoms with Gasteiger partial charge in [-0.1, -0.05) is 6.07 Å². The van der Waals surface area contributed by atoms with Crippen LogP contribution < -0.4 is 5.32 Å². The number of carbonyl (C=O) groups is 1. The average Bonchev–Trinajstić information content (AvgIpc) is 3.25. The topological polar surface area (TPSA) is 55.8 Å². The number of nitrogens with one attached hydrogen (secondary N) is 1. The molecule has 0 radical (unpaired) electrons. The van der Waals surface area contributed by atoms with Gasteiger partial charge in [0.15, 0.2) is 0 Å². The summed E-state index contributed by atoms with van der Waals surface area (Å²) in [4.78, 5) is 18.0. The van der Waals surface area contributed by atoms with Gasteiger partial charge in [0.05, 0.1) is 12.6 Å². The number of amides is 2. The minimum atomic E-state index is 0.00238. The van der Waals surface area contributed by atoms with Crippen LogP contribution in [0.4, 0.5) is 4.79 Å². The molecule has 0 aliphatic carbocycles. The Morgan fingerprint density at radius 1 is 1.30 bits per heavy atom. The molecule has 1 aromatic rings. The highest BCUT2D eigenvalue weighted by Crippen LogP contribution is 2.21. The van der Waals surface area contributed by atoms with E-state index in [0.29, 0.717) is 5.92 Å². The molecule has 3 rings (SSSR count). The van der Waals surface area contributed by atoms with E-state index in [1.165, 1.54) is 4.88 Å². The molecule has 2 amide bonds. The summed E-state index contributed by atoms with van der Waals surface area (Å²) in [7, 11) is 0. The SMILES string of the molecule is O=C(NCC1CCN(Cc2cccs2)CC1)N1CCCC1CO. The van der Waals surface area contributed by atoms with E-state index in [9.17, 15) is 9.90 Å². The van der Waals surface area contributed by atoms with Crippen LogP contribution in [0.5, 0.6) is 0 Å². The number of urea groups is 1. The summed E-state index contributed by atoms with van der Waals surface area (Å²) in [6.07, 6.45) is 4.22. The fourth-order valence-corrected chi connectivity index (χ4v) is 4.34. The Bertz CT molecular complexity index is 486. The Morgan fingerprint density at radius 2 is 2.13 bits per heavy atom. The van der Waals surface area contributed by atoms with Gasteiger partial charge in [0, 0.05) is 24.5 Å². The van der Waals surface area contributed by atoms with Crippen LogP contribution in [-0.4, -0.2) is 59.8 Å². The Morgan fingerprint density at radius 3 is 2.83 bits per heavy atom. The van der Waals surface area contributed by atoms with Crippen LogP contribution >= 0.6 is 11.3 Å². The van der Waals surface area contributed by atoms with Crippen molar-refractivity contribution in [1.29, 1.82) is 0 Å². The zero-order valence-corrected chi connectivity index (χ0v) is 14.4. The van der Waals surface area contributed by atoms with Crippen molar-refractivity contribution in [3.05, 3.63) is 22.4 Å². The second kappa shape index (κ2) is 8.13. The molecule has 2 aliphatic rings. The molecule has 1 aromatic heterocycles. The Balaban J connectivity index is 1.36. The van der Waals surface area contributed by atoms with Crippen LogP contribution in [0.25, 0.3) is 0 Å². The minimum Gasteiger partial charge on any atom is -0.394 e. The molecule has 23 heavy (non-hydrogen) atoms. The first-order chi connectivity index (χ1) is 11.3. The third-order valence-electron chi connectivity index (χ3n) is 5.06. The molecular weight excluding hydrogens is 310 g/mol. The van der Waals surface area contributed by atoms with Gasteiger partial charge >= 0.3 is 6.03 Å². The molecule has 0 bridgehead atoms. The second-order valence-corrected chi connectivity index (χ2v) is 7.69. The number of likely N-dealkylation sites (tertiary alicyclic amines) is 2. The largest absolute Gasteiger partial charge is 0.394 e. The highest BCUT2D eigenvalue weighted by Gasteiger charge is 2.28. The summed E-state index contributed by atoms with van der Waals surface area (Å²) in [6.45, 7) is 4.90. The molecule has 2 saturated heterocycles. The van der Waals surface area contributed by atoms with Gasteiger partial charge in [-0.25, -0.2) is 4.79 Å². The summed E-state index contributed by atoms with van der Waals surface area (Å²) >= 11 is 1.82. The number of piperidine rings is 1. The highest BCUT2D eigenvalue weighted by atomic mass is 32.1. The van der Waals surface area contributed by atoms with Gasteiger partial charge in [0.25, 0.3) is 0 Å². The first-order valence-corrected chi connectivity index (χ1v) is 9.54. The number of thiophene rings is 1. The molecule has 2 aliphatic heterocycles.